The van der Waals surface area contributed by atoms with Crippen molar-refractivity contribution in [2.45, 2.75) is 13.5 Å². The summed E-state index contributed by atoms with van der Waals surface area (Å²) in [7, 11) is 0. The molecule has 0 fully saturated rings. The molecule has 0 aliphatic rings. The Balaban J connectivity index is 2.13. The molecule has 0 unspecified atom stereocenters. The van der Waals surface area contributed by atoms with Crippen LogP contribution in [0.4, 0.5) is 0 Å². The van der Waals surface area contributed by atoms with Crippen molar-refractivity contribution in [3.8, 4) is 5.88 Å². The summed E-state index contributed by atoms with van der Waals surface area (Å²) >= 11 is 9.50. The number of aromatic nitrogens is 1. The average Bonchev–Trinajstić information content (AvgIpc) is 2.33. The van der Waals surface area contributed by atoms with Gasteiger partial charge in [-0.15, -0.1) is 0 Å². The van der Waals surface area contributed by atoms with E-state index in [0.29, 0.717) is 17.5 Å². The topological polar surface area (TPSA) is 22.1 Å². The van der Waals surface area contributed by atoms with E-state index < -0.39 is 0 Å². The highest BCUT2D eigenvalue weighted by atomic mass is 79.9. The highest BCUT2D eigenvalue weighted by Crippen LogP contribution is 2.26. The summed E-state index contributed by atoms with van der Waals surface area (Å²) < 4.78 is 6.52. The minimum Gasteiger partial charge on any atom is -0.472 e. The molecule has 0 saturated carbocycles. The van der Waals surface area contributed by atoms with E-state index in [1.165, 1.54) is 0 Å². The van der Waals surface area contributed by atoms with E-state index in [1.807, 2.05) is 37.3 Å². The van der Waals surface area contributed by atoms with Crippen molar-refractivity contribution < 1.29 is 4.74 Å². The van der Waals surface area contributed by atoms with Gasteiger partial charge in [-0.1, -0.05) is 29.8 Å². The Morgan fingerprint density at radius 2 is 2.06 bits per heavy atom. The van der Waals surface area contributed by atoms with Crippen molar-refractivity contribution in [3.05, 3.63) is 57.2 Å². The molecule has 1 heterocycles. The second-order valence-electron chi connectivity index (χ2n) is 3.63. The summed E-state index contributed by atoms with van der Waals surface area (Å²) in [6.45, 7) is 2.41. The fourth-order valence-corrected chi connectivity index (χ4v) is 1.92. The lowest BCUT2D eigenvalue weighted by Crippen LogP contribution is -1.99. The first-order valence-electron chi connectivity index (χ1n) is 5.16. The molecule has 2 rings (SSSR count). The molecule has 17 heavy (non-hydrogen) atoms. The lowest BCUT2D eigenvalue weighted by Gasteiger charge is -2.09. The van der Waals surface area contributed by atoms with Crippen LogP contribution < -0.4 is 4.74 Å². The molecular weight excluding hydrogens is 302 g/mol. The zero-order valence-electron chi connectivity index (χ0n) is 9.28. The van der Waals surface area contributed by atoms with Gasteiger partial charge < -0.3 is 4.74 Å². The lowest BCUT2D eigenvalue weighted by molar-refractivity contribution is 0.291. The molecule has 0 amide bonds. The van der Waals surface area contributed by atoms with Crippen molar-refractivity contribution in [3.63, 3.8) is 0 Å². The van der Waals surface area contributed by atoms with Gasteiger partial charge in [0.1, 0.15) is 6.61 Å². The highest BCUT2D eigenvalue weighted by molar-refractivity contribution is 9.10. The van der Waals surface area contributed by atoms with Crippen LogP contribution in [0.3, 0.4) is 0 Å². The van der Waals surface area contributed by atoms with Crippen LogP contribution in [0.2, 0.25) is 5.02 Å². The van der Waals surface area contributed by atoms with Crippen LogP contribution in [0.1, 0.15) is 11.1 Å². The van der Waals surface area contributed by atoms with Crippen LogP contribution in [0.15, 0.2) is 41.0 Å². The molecule has 88 valence electrons. The maximum atomic E-state index is 6.05. The zero-order chi connectivity index (χ0) is 12.3. The standard InChI is InChI=1S/C13H11BrClNO/c1-9-6-7-16-13(12(9)14)17-8-10-4-2-3-5-11(10)15/h2-7H,8H2,1H3. The number of ether oxygens (including phenoxy) is 1. The smallest absolute Gasteiger partial charge is 0.228 e. The third kappa shape index (κ3) is 2.99. The SMILES string of the molecule is Cc1ccnc(OCc2ccccc2Cl)c1Br. The van der Waals surface area contributed by atoms with Crippen molar-refractivity contribution in [2.75, 3.05) is 0 Å². The van der Waals surface area contributed by atoms with Crippen LogP contribution in [0.25, 0.3) is 0 Å². The number of hydrogen-bond acceptors (Lipinski definition) is 2. The molecule has 1 aromatic heterocycles. The Morgan fingerprint density at radius 3 is 2.82 bits per heavy atom. The molecule has 0 spiro atoms. The maximum Gasteiger partial charge on any atom is 0.228 e. The predicted octanol–water partition coefficient (Wildman–Crippen LogP) is 4.38. The Morgan fingerprint density at radius 1 is 1.29 bits per heavy atom. The van der Waals surface area contributed by atoms with Gasteiger partial charge in [-0.25, -0.2) is 4.98 Å². The van der Waals surface area contributed by atoms with Crippen molar-refractivity contribution in [2.24, 2.45) is 0 Å². The number of halogens is 2. The number of aryl methyl sites for hydroxylation is 1. The quantitative estimate of drug-likeness (QED) is 0.839. The van der Waals surface area contributed by atoms with E-state index in [9.17, 15) is 0 Å². The van der Waals surface area contributed by atoms with E-state index in [-0.39, 0.29) is 0 Å². The summed E-state index contributed by atoms with van der Waals surface area (Å²) in [6.07, 6.45) is 1.72. The summed E-state index contributed by atoms with van der Waals surface area (Å²) in [6, 6.07) is 9.54. The maximum absolute atomic E-state index is 6.05. The number of pyridine rings is 1. The number of rotatable bonds is 3. The van der Waals surface area contributed by atoms with Crippen LogP contribution in [0, 0.1) is 6.92 Å². The Labute approximate surface area is 114 Å². The summed E-state index contributed by atoms with van der Waals surface area (Å²) in [5.74, 6) is 0.588. The summed E-state index contributed by atoms with van der Waals surface area (Å²) in [5.41, 5.74) is 2.04. The fourth-order valence-electron chi connectivity index (χ4n) is 1.38. The van der Waals surface area contributed by atoms with Gasteiger partial charge >= 0.3 is 0 Å². The molecule has 2 nitrogen and oxygen atoms in total. The lowest BCUT2D eigenvalue weighted by atomic mass is 10.2. The number of hydrogen-bond donors (Lipinski definition) is 0. The van der Waals surface area contributed by atoms with E-state index in [2.05, 4.69) is 20.9 Å². The molecule has 0 bridgehead atoms. The Kier molecular flexibility index (Phi) is 4.02. The number of nitrogens with zero attached hydrogens (tertiary/aromatic N) is 1. The van der Waals surface area contributed by atoms with Gasteiger partial charge in [-0.3, -0.25) is 0 Å². The minimum absolute atomic E-state index is 0.411. The van der Waals surface area contributed by atoms with Crippen LogP contribution in [0.5, 0.6) is 5.88 Å². The molecule has 0 aliphatic carbocycles. The summed E-state index contributed by atoms with van der Waals surface area (Å²) in [4.78, 5) is 4.17. The summed E-state index contributed by atoms with van der Waals surface area (Å²) in [5, 5.41) is 0.705. The molecule has 2 aromatic rings. The second kappa shape index (κ2) is 5.52. The second-order valence-corrected chi connectivity index (χ2v) is 4.83. The fraction of sp³-hybridized carbons (Fsp3) is 0.154. The van der Waals surface area contributed by atoms with E-state index >= 15 is 0 Å². The van der Waals surface area contributed by atoms with Crippen LogP contribution in [-0.4, -0.2) is 4.98 Å². The van der Waals surface area contributed by atoms with E-state index in [1.54, 1.807) is 6.20 Å². The monoisotopic (exact) mass is 311 g/mol. The first-order valence-corrected chi connectivity index (χ1v) is 6.33. The first kappa shape index (κ1) is 12.4. The van der Waals surface area contributed by atoms with Crippen LogP contribution >= 0.6 is 27.5 Å². The molecule has 0 N–H and O–H groups in total. The third-order valence-electron chi connectivity index (χ3n) is 2.37. The predicted molar refractivity (Wildman–Crippen MR) is 72.5 cm³/mol. The molecule has 0 atom stereocenters. The molecule has 0 saturated heterocycles. The molecule has 4 heteroatoms. The van der Waals surface area contributed by atoms with Crippen molar-refractivity contribution in [1.29, 1.82) is 0 Å². The van der Waals surface area contributed by atoms with Gasteiger partial charge in [0.2, 0.25) is 5.88 Å². The van der Waals surface area contributed by atoms with E-state index in [4.69, 9.17) is 16.3 Å². The molecular formula is C13H11BrClNO. The average molecular weight is 313 g/mol. The molecule has 1 aromatic carbocycles. The number of benzene rings is 1. The Bertz CT molecular complexity index is 531. The molecule has 0 radical (unpaired) electrons. The van der Waals surface area contributed by atoms with Gasteiger partial charge in [0, 0.05) is 16.8 Å². The van der Waals surface area contributed by atoms with Crippen LogP contribution in [-0.2, 0) is 6.61 Å². The zero-order valence-corrected chi connectivity index (χ0v) is 11.6. The van der Waals surface area contributed by atoms with Gasteiger partial charge in [0.15, 0.2) is 0 Å². The normalized spacial score (nSPS) is 10.3. The van der Waals surface area contributed by atoms with Crippen molar-refractivity contribution in [1.82, 2.24) is 4.98 Å². The van der Waals surface area contributed by atoms with Gasteiger partial charge in [0.05, 0.1) is 4.47 Å². The van der Waals surface area contributed by atoms with Crippen molar-refractivity contribution >= 4 is 27.5 Å². The largest absolute Gasteiger partial charge is 0.472 e. The highest BCUT2D eigenvalue weighted by Gasteiger charge is 2.06. The van der Waals surface area contributed by atoms with Gasteiger partial charge in [-0.05, 0) is 40.5 Å². The van der Waals surface area contributed by atoms with Gasteiger partial charge in [-0.2, -0.15) is 0 Å². The Hall–Kier alpha value is -1.06. The van der Waals surface area contributed by atoms with E-state index in [0.717, 1.165) is 15.6 Å². The van der Waals surface area contributed by atoms with Gasteiger partial charge in [0.25, 0.3) is 0 Å². The third-order valence-corrected chi connectivity index (χ3v) is 3.71. The first-order chi connectivity index (χ1) is 8.18. The minimum atomic E-state index is 0.411. The molecule has 0 aliphatic heterocycles.